The number of fused-ring (bicyclic) bond motifs is 3. The van der Waals surface area contributed by atoms with Gasteiger partial charge in [0.25, 0.3) is 0 Å². The van der Waals surface area contributed by atoms with Crippen molar-refractivity contribution in [2.45, 2.75) is 70.5 Å². The van der Waals surface area contributed by atoms with Crippen molar-refractivity contribution in [1.82, 2.24) is 0 Å². The third kappa shape index (κ3) is 1.38. The summed E-state index contributed by atoms with van der Waals surface area (Å²) in [6.45, 7) is 2.34. The van der Waals surface area contributed by atoms with Crippen LogP contribution in [-0.4, -0.2) is 22.4 Å². The fourth-order valence-electron chi connectivity index (χ4n) is 7.43. The fourth-order valence-corrected chi connectivity index (χ4v) is 7.43. The van der Waals surface area contributed by atoms with Gasteiger partial charge in [-0.3, -0.25) is 0 Å². The number of aliphatic hydroxyl groups is 2. The molecule has 0 amide bonds. The molecule has 4 fully saturated rings. The summed E-state index contributed by atoms with van der Waals surface area (Å²) in [6, 6.07) is 0. The second-order valence-corrected chi connectivity index (χ2v) is 9.17. The van der Waals surface area contributed by atoms with Crippen molar-refractivity contribution in [1.29, 1.82) is 0 Å². The Balaban J connectivity index is 1.53. The van der Waals surface area contributed by atoms with Crippen LogP contribution in [-0.2, 0) is 0 Å². The zero-order chi connectivity index (χ0) is 14.5. The van der Waals surface area contributed by atoms with Crippen molar-refractivity contribution in [3.8, 4) is 0 Å². The highest BCUT2D eigenvalue weighted by atomic mass is 16.3. The van der Waals surface area contributed by atoms with E-state index in [4.69, 9.17) is 0 Å². The van der Waals surface area contributed by atoms with Gasteiger partial charge in [0.1, 0.15) is 0 Å². The van der Waals surface area contributed by atoms with E-state index in [0.717, 1.165) is 25.2 Å². The highest BCUT2D eigenvalue weighted by Gasteiger charge is 2.74. The number of rotatable bonds is 0. The van der Waals surface area contributed by atoms with Gasteiger partial charge in [0.2, 0.25) is 0 Å². The Morgan fingerprint density at radius 2 is 1.86 bits per heavy atom. The molecular formula is C19H28O2. The highest BCUT2D eigenvalue weighted by Crippen LogP contribution is 2.80. The van der Waals surface area contributed by atoms with Gasteiger partial charge in [-0.1, -0.05) is 19.1 Å². The third-order valence-corrected chi connectivity index (χ3v) is 8.65. The van der Waals surface area contributed by atoms with Gasteiger partial charge in [0.05, 0.1) is 12.2 Å². The van der Waals surface area contributed by atoms with E-state index in [1.165, 1.54) is 32.1 Å². The van der Waals surface area contributed by atoms with Gasteiger partial charge in [0, 0.05) is 0 Å². The molecule has 0 unspecified atom stereocenters. The SMILES string of the molecule is C[C@]12CC[C@H]3[C@@H](C=C[C@]45C[C@@H](O)CC[C@]34C5)[C@@H]1CC[C@H]2O. The van der Waals surface area contributed by atoms with Crippen molar-refractivity contribution < 1.29 is 10.2 Å². The summed E-state index contributed by atoms with van der Waals surface area (Å²) in [4.78, 5) is 0. The van der Waals surface area contributed by atoms with Gasteiger partial charge < -0.3 is 10.2 Å². The summed E-state index contributed by atoms with van der Waals surface area (Å²) >= 11 is 0. The van der Waals surface area contributed by atoms with E-state index in [-0.39, 0.29) is 17.6 Å². The van der Waals surface area contributed by atoms with Gasteiger partial charge in [-0.25, -0.2) is 0 Å². The lowest BCUT2D eigenvalue weighted by Crippen LogP contribution is -2.48. The molecule has 5 aliphatic carbocycles. The first-order chi connectivity index (χ1) is 10.0. The molecular weight excluding hydrogens is 260 g/mol. The molecule has 2 heteroatoms. The molecule has 0 heterocycles. The van der Waals surface area contributed by atoms with E-state index in [2.05, 4.69) is 19.1 Å². The average molecular weight is 288 g/mol. The fraction of sp³-hybridized carbons (Fsp3) is 0.895. The topological polar surface area (TPSA) is 40.5 Å². The molecule has 4 saturated carbocycles. The second kappa shape index (κ2) is 3.76. The van der Waals surface area contributed by atoms with Gasteiger partial charge in [-0.2, -0.15) is 0 Å². The molecule has 0 aromatic carbocycles. The quantitative estimate of drug-likeness (QED) is 0.672. The summed E-state index contributed by atoms with van der Waals surface area (Å²) in [5, 5.41) is 20.5. The molecule has 5 rings (SSSR count). The summed E-state index contributed by atoms with van der Waals surface area (Å²) in [5.74, 6) is 2.23. The third-order valence-electron chi connectivity index (χ3n) is 8.65. The normalized spacial score (nSPS) is 64.2. The highest BCUT2D eigenvalue weighted by molar-refractivity contribution is 5.33. The summed E-state index contributed by atoms with van der Waals surface area (Å²) < 4.78 is 0. The van der Waals surface area contributed by atoms with Crippen LogP contribution in [0.2, 0.25) is 0 Å². The van der Waals surface area contributed by atoms with Crippen LogP contribution in [0.25, 0.3) is 0 Å². The van der Waals surface area contributed by atoms with Crippen LogP contribution in [0.4, 0.5) is 0 Å². The van der Waals surface area contributed by atoms with Crippen LogP contribution in [0.5, 0.6) is 0 Å². The van der Waals surface area contributed by atoms with E-state index in [1.807, 2.05) is 0 Å². The first-order valence-corrected chi connectivity index (χ1v) is 9.06. The monoisotopic (exact) mass is 288 g/mol. The molecule has 2 N–H and O–H groups in total. The van der Waals surface area contributed by atoms with Crippen molar-refractivity contribution in [3.63, 3.8) is 0 Å². The Morgan fingerprint density at radius 3 is 2.71 bits per heavy atom. The Labute approximate surface area is 127 Å². The van der Waals surface area contributed by atoms with Crippen molar-refractivity contribution >= 4 is 0 Å². The number of hydrogen-bond acceptors (Lipinski definition) is 2. The number of hydrogen-bond donors (Lipinski definition) is 2. The molecule has 5 aliphatic rings. The minimum Gasteiger partial charge on any atom is -0.393 e. The average Bonchev–Trinajstić information content (AvgIpc) is 3.05. The largest absolute Gasteiger partial charge is 0.393 e. The van der Waals surface area contributed by atoms with Crippen LogP contribution in [0, 0.1) is 34.0 Å². The minimum atomic E-state index is -0.0755. The second-order valence-electron chi connectivity index (χ2n) is 9.17. The zero-order valence-corrected chi connectivity index (χ0v) is 13.1. The van der Waals surface area contributed by atoms with Gasteiger partial charge in [-0.05, 0) is 85.4 Å². The first kappa shape index (κ1) is 13.1. The molecule has 0 bridgehead atoms. The maximum atomic E-state index is 10.5. The van der Waals surface area contributed by atoms with E-state index >= 15 is 0 Å². The number of aliphatic hydroxyl groups excluding tert-OH is 2. The molecule has 2 nitrogen and oxygen atoms in total. The van der Waals surface area contributed by atoms with Gasteiger partial charge in [-0.15, -0.1) is 0 Å². The van der Waals surface area contributed by atoms with Gasteiger partial charge >= 0.3 is 0 Å². The van der Waals surface area contributed by atoms with Crippen molar-refractivity contribution in [3.05, 3.63) is 12.2 Å². The van der Waals surface area contributed by atoms with E-state index in [0.29, 0.717) is 22.7 Å². The Bertz CT molecular complexity index is 514. The van der Waals surface area contributed by atoms with Crippen molar-refractivity contribution in [2.24, 2.45) is 34.0 Å². The zero-order valence-electron chi connectivity index (χ0n) is 13.1. The van der Waals surface area contributed by atoms with Crippen LogP contribution >= 0.6 is 0 Å². The maximum absolute atomic E-state index is 10.5. The summed E-state index contributed by atoms with van der Waals surface area (Å²) in [6.07, 6.45) is 14.2. The molecule has 0 aromatic heterocycles. The van der Waals surface area contributed by atoms with Crippen LogP contribution in [0.15, 0.2) is 12.2 Å². The molecule has 21 heavy (non-hydrogen) atoms. The standard InChI is InChI=1S/C19H28O2/c1-17-7-6-15-13(14(17)2-3-16(17)21)5-8-18-10-12(20)4-9-19(15,18)11-18/h5,8,12-16,20-21H,2-4,6-7,9-11H2,1H3/t12-,13-,14-,15-,16+,17-,18+,19-/m0/s1. The molecule has 8 atom stereocenters. The maximum Gasteiger partial charge on any atom is 0.0596 e. The molecule has 0 spiro atoms. The summed E-state index contributed by atoms with van der Waals surface area (Å²) in [7, 11) is 0. The molecule has 0 aromatic rings. The van der Waals surface area contributed by atoms with Crippen LogP contribution in [0.1, 0.15) is 58.3 Å². The van der Waals surface area contributed by atoms with E-state index in [1.54, 1.807) is 0 Å². The van der Waals surface area contributed by atoms with Gasteiger partial charge in [0.15, 0.2) is 0 Å². The molecule has 0 aliphatic heterocycles. The number of allylic oxidation sites excluding steroid dienone is 2. The van der Waals surface area contributed by atoms with Crippen molar-refractivity contribution in [2.75, 3.05) is 0 Å². The summed E-state index contributed by atoms with van der Waals surface area (Å²) in [5.41, 5.74) is 1.06. The molecule has 116 valence electrons. The Kier molecular flexibility index (Phi) is 2.35. The smallest absolute Gasteiger partial charge is 0.0596 e. The van der Waals surface area contributed by atoms with Crippen LogP contribution < -0.4 is 0 Å². The van der Waals surface area contributed by atoms with E-state index in [9.17, 15) is 10.2 Å². The molecule has 0 radical (unpaired) electrons. The lowest BCUT2D eigenvalue weighted by atomic mass is 9.52. The predicted octanol–water partition coefficient (Wildman–Crippen LogP) is 3.28. The van der Waals surface area contributed by atoms with Crippen LogP contribution in [0.3, 0.4) is 0 Å². The lowest BCUT2D eigenvalue weighted by Gasteiger charge is -2.53. The Morgan fingerprint density at radius 1 is 1.00 bits per heavy atom. The predicted molar refractivity (Wildman–Crippen MR) is 81.5 cm³/mol. The first-order valence-electron chi connectivity index (χ1n) is 9.06. The van der Waals surface area contributed by atoms with E-state index < -0.39 is 0 Å². The Hall–Kier alpha value is -0.340. The minimum absolute atomic E-state index is 0.0658. The lowest BCUT2D eigenvalue weighted by molar-refractivity contribution is -0.0555. The molecule has 0 saturated heterocycles.